The van der Waals surface area contributed by atoms with Crippen LogP contribution in [0.25, 0.3) is 11.2 Å². The molecular formula is C31H38N6O4. The number of fused-ring (bicyclic) bond motifs is 1. The van der Waals surface area contributed by atoms with Gasteiger partial charge in [0.15, 0.2) is 23.2 Å². The van der Waals surface area contributed by atoms with Gasteiger partial charge in [0.25, 0.3) is 0 Å². The topological polar surface area (TPSA) is 127 Å². The highest BCUT2D eigenvalue weighted by atomic mass is 16.6. The molecule has 0 bridgehead atoms. The van der Waals surface area contributed by atoms with Crippen molar-refractivity contribution in [3.8, 4) is 0 Å². The van der Waals surface area contributed by atoms with Gasteiger partial charge in [-0.05, 0) is 36.4 Å². The Morgan fingerprint density at radius 1 is 1.00 bits per heavy atom. The van der Waals surface area contributed by atoms with Crippen LogP contribution in [-0.2, 0) is 15.9 Å². The maximum atomic E-state index is 10.8. The van der Waals surface area contributed by atoms with Crippen molar-refractivity contribution < 1.29 is 19.7 Å². The van der Waals surface area contributed by atoms with Crippen LogP contribution in [0.15, 0.2) is 67.0 Å². The molecular weight excluding hydrogens is 520 g/mol. The molecule has 1 aliphatic carbocycles. The van der Waals surface area contributed by atoms with Crippen LogP contribution in [0.3, 0.4) is 0 Å². The smallest absolute Gasteiger partial charge is 0.167 e. The minimum Gasteiger partial charge on any atom is -0.387 e. The maximum absolute atomic E-state index is 10.8. The van der Waals surface area contributed by atoms with Gasteiger partial charge in [-0.25, -0.2) is 15.0 Å². The second-order valence-corrected chi connectivity index (χ2v) is 11.0. The summed E-state index contributed by atoms with van der Waals surface area (Å²) in [5.74, 6) is 2.18. The van der Waals surface area contributed by atoms with E-state index in [1.165, 1.54) is 31.1 Å². The van der Waals surface area contributed by atoms with Gasteiger partial charge in [0.2, 0.25) is 0 Å². The molecule has 4 unspecified atom stereocenters. The number of benzene rings is 2. The summed E-state index contributed by atoms with van der Waals surface area (Å²) in [7, 11) is 1.54. The summed E-state index contributed by atoms with van der Waals surface area (Å²) in [6.07, 6.45) is 1.11. The lowest BCUT2D eigenvalue weighted by molar-refractivity contribution is -0.0580. The van der Waals surface area contributed by atoms with Crippen LogP contribution >= 0.6 is 0 Å². The van der Waals surface area contributed by atoms with E-state index in [1.807, 2.05) is 12.1 Å². The van der Waals surface area contributed by atoms with Gasteiger partial charge < -0.3 is 30.3 Å². The molecule has 2 aromatic carbocycles. The Kier molecular flexibility index (Phi) is 8.54. The predicted molar refractivity (Wildman–Crippen MR) is 156 cm³/mol. The number of aromatic nitrogens is 4. The van der Waals surface area contributed by atoms with Crippen LogP contribution in [0.2, 0.25) is 0 Å². The van der Waals surface area contributed by atoms with Crippen LogP contribution in [0, 0.1) is 5.92 Å². The lowest BCUT2D eigenvalue weighted by Crippen LogP contribution is -2.33. The number of hydrogen-bond acceptors (Lipinski definition) is 9. The van der Waals surface area contributed by atoms with Gasteiger partial charge in [-0.1, -0.05) is 60.7 Å². The van der Waals surface area contributed by atoms with E-state index >= 15 is 0 Å². The molecule has 2 aromatic heterocycles. The van der Waals surface area contributed by atoms with Crippen molar-refractivity contribution in [1.29, 1.82) is 0 Å². The Morgan fingerprint density at radius 2 is 1.71 bits per heavy atom. The monoisotopic (exact) mass is 558 g/mol. The fourth-order valence-corrected chi connectivity index (χ4v) is 5.47. The van der Waals surface area contributed by atoms with E-state index < -0.39 is 24.5 Å². The molecule has 216 valence electrons. The van der Waals surface area contributed by atoms with Crippen molar-refractivity contribution in [2.24, 2.45) is 5.92 Å². The van der Waals surface area contributed by atoms with E-state index in [0.29, 0.717) is 35.8 Å². The molecule has 4 aromatic rings. The second-order valence-electron chi connectivity index (χ2n) is 11.0. The number of aliphatic hydroxyl groups excluding tert-OH is 2. The zero-order valence-corrected chi connectivity index (χ0v) is 23.3. The number of anilines is 1. The van der Waals surface area contributed by atoms with Crippen molar-refractivity contribution in [3.63, 3.8) is 0 Å². The quantitative estimate of drug-likeness (QED) is 0.183. The SMILES string of the molecule is COCC1OC(n2cnc3c(NCC(c4ccccc4)c4ccccc4)nc(CCNCC4CC4)nc32)C(O)C1O. The first-order valence-corrected chi connectivity index (χ1v) is 14.4. The molecule has 0 spiro atoms. The third-order valence-corrected chi connectivity index (χ3v) is 7.94. The average molecular weight is 559 g/mol. The van der Waals surface area contributed by atoms with Gasteiger partial charge in [0.1, 0.15) is 24.1 Å². The maximum Gasteiger partial charge on any atom is 0.167 e. The standard InChI is InChI=1S/C31H38N6O4/c1-40-18-24-27(38)28(39)31(41-24)37-19-34-26-29(35-25(36-30(26)37)14-15-32-16-20-12-13-20)33-17-23(21-8-4-2-5-9-21)22-10-6-3-7-11-22/h2-11,19-20,23-24,27-28,31-32,38-39H,12-18H2,1H3,(H,33,35,36). The molecule has 10 nitrogen and oxygen atoms in total. The fourth-order valence-electron chi connectivity index (χ4n) is 5.47. The molecule has 1 saturated carbocycles. The first kappa shape index (κ1) is 27.7. The molecule has 4 N–H and O–H groups in total. The minimum absolute atomic E-state index is 0.0955. The Labute approximate surface area is 239 Å². The molecule has 0 amide bonds. The van der Waals surface area contributed by atoms with Gasteiger partial charge in [-0.3, -0.25) is 4.57 Å². The van der Waals surface area contributed by atoms with Crippen molar-refractivity contribution in [1.82, 2.24) is 24.8 Å². The summed E-state index contributed by atoms with van der Waals surface area (Å²) in [5, 5.41) is 28.5. The third-order valence-electron chi connectivity index (χ3n) is 7.94. The molecule has 1 aliphatic heterocycles. The van der Waals surface area contributed by atoms with E-state index in [9.17, 15) is 10.2 Å². The molecule has 4 atom stereocenters. The number of methoxy groups -OCH3 is 1. The number of aliphatic hydroxyl groups is 2. The van der Waals surface area contributed by atoms with Gasteiger partial charge in [-0.2, -0.15) is 0 Å². The van der Waals surface area contributed by atoms with Crippen LogP contribution < -0.4 is 10.6 Å². The molecule has 1 saturated heterocycles. The van der Waals surface area contributed by atoms with Crippen LogP contribution in [0.4, 0.5) is 5.82 Å². The fraction of sp³-hybridized carbons (Fsp3) is 0.452. The highest BCUT2D eigenvalue weighted by Crippen LogP contribution is 2.33. The van der Waals surface area contributed by atoms with Crippen molar-refractivity contribution in [3.05, 3.63) is 83.9 Å². The summed E-state index contributed by atoms with van der Waals surface area (Å²) in [6, 6.07) is 20.8. The number of rotatable bonds is 13. The first-order valence-electron chi connectivity index (χ1n) is 14.4. The van der Waals surface area contributed by atoms with Crippen LogP contribution in [0.5, 0.6) is 0 Å². The summed E-state index contributed by atoms with van der Waals surface area (Å²) in [4.78, 5) is 14.4. The summed E-state index contributed by atoms with van der Waals surface area (Å²) < 4.78 is 12.9. The van der Waals surface area contributed by atoms with Gasteiger partial charge >= 0.3 is 0 Å². The first-order chi connectivity index (χ1) is 20.1. The average Bonchev–Trinajstić information content (AvgIpc) is 3.68. The molecule has 0 radical (unpaired) electrons. The molecule has 6 rings (SSSR count). The normalized spacial score (nSPS) is 22.5. The Balaban J connectivity index is 1.30. The Morgan fingerprint density at radius 3 is 2.37 bits per heavy atom. The van der Waals surface area contributed by atoms with E-state index in [0.717, 1.165) is 19.0 Å². The van der Waals surface area contributed by atoms with E-state index in [-0.39, 0.29) is 12.5 Å². The second kappa shape index (κ2) is 12.6. The van der Waals surface area contributed by atoms with Crippen molar-refractivity contribution in [2.45, 2.75) is 49.7 Å². The number of imidazole rings is 1. The Bertz CT molecular complexity index is 1370. The van der Waals surface area contributed by atoms with E-state index in [2.05, 4.69) is 64.1 Å². The summed E-state index contributed by atoms with van der Waals surface area (Å²) in [6.45, 7) is 2.55. The minimum atomic E-state index is -1.15. The summed E-state index contributed by atoms with van der Waals surface area (Å²) in [5.41, 5.74) is 3.53. The van der Waals surface area contributed by atoms with Gasteiger partial charge in [0.05, 0.1) is 12.9 Å². The van der Waals surface area contributed by atoms with E-state index in [1.54, 1.807) is 10.9 Å². The van der Waals surface area contributed by atoms with Gasteiger partial charge in [0, 0.05) is 32.5 Å². The molecule has 3 heterocycles. The van der Waals surface area contributed by atoms with E-state index in [4.69, 9.17) is 19.4 Å². The zero-order chi connectivity index (χ0) is 28.2. The van der Waals surface area contributed by atoms with Crippen LogP contribution in [-0.4, -0.2) is 81.4 Å². The lowest BCUT2D eigenvalue weighted by atomic mass is 9.91. The largest absolute Gasteiger partial charge is 0.387 e. The Hall–Kier alpha value is -3.41. The number of nitrogens with one attached hydrogen (secondary N) is 2. The van der Waals surface area contributed by atoms with Crippen molar-refractivity contribution in [2.75, 3.05) is 38.7 Å². The molecule has 2 aliphatic rings. The third kappa shape index (κ3) is 6.27. The highest BCUT2D eigenvalue weighted by molar-refractivity contribution is 5.83. The highest BCUT2D eigenvalue weighted by Gasteiger charge is 2.44. The molecule has 2 fully saturated rings. The predicted octanol–water partition coefficient (Wildman–Crippen LogP) is 2.88. The number of ether oxygens (including phenoxy) is 2. The lowest BCUT2D eigenvalue weighted by Gasteiger charge is -2.20. The molecule has 10 heteroatoms. The number of nitrogens with zero attached hydrogens (tertiary/aromatic N) is 4. The van der Waals surface area contributed by atoms with Gasteiger partial charge in [-0.15, -0.1) is 0 Å². The summed E-state index contributed by atoms with van der Waals surface area (Å²) >= 11 is 0. The van der Waals surface area contributed by atoms with Crippen molar-refractivity contribution >= 4 is 17.0 Å². The number of hydrogen-bond donors (Lipinski definition) is 4. The molecule has 41 heavy (non-hydrogen) atoms. The zero-order valence-electron chi connectivity index (χ0n) is 23.3. The van der Waals surface area contributed by atoms with Crippen LogP contribution in [0.1, 0.15) is 41.9 Å².